The maximum absolute atomic E-state index is 12.4. The van der Waals surface area contributed by atoms with Crippen LogP contribution in [0.15, 0.2) is 42.5 Å². The van der Waals surface area contributed by atoms with Crippen molar-refractivity contribution < 1.29 is 14.3 Å². The standard InChI is InChI=1S/C17H19N3O3/c1-11(21)19-15-8-12(10-18)7-13(9-15)17(22)20-14-3-5-16(23-2)6-4-14/h3-9H,10,18H2,1-2H3,(H,19,21)(H,20,22). The maximum atomic E-state index is 12.4. The van der Waals surface area contributed by atoms with E-state index in [1.54, 1.807) is 49.6 Å². The number of amides is 2. The van der Waals surface area contributed by atoms with E-state index in [9.17, 15) is 9.59 Å². The summed E-state index contributed by atoms with van der Waals surface area (Å²) in [5.74, 6) is 0.221. The Labute approximate surface area is 134 Å². The average molecular weight is 313 g/mol. The number of anilines is 2. The third-order valence-electron chi connectivity index (χ3n) is 3.16. The van der Waals surface area contributed by atoms with Crippen molar-refractivity contribution in [1.29, 1.82) is 0 Å². The second kappa shape index (κ2) is 7.42. The Morgan fingerprint density at radius 1 is 1.04 bits per heavy atom. The molecule has 0 bridgehead atoms. The van der Waals surface area contributed by atoms with Crippen molar-refractivity contribution in [2.24, 2.45) is 5.73 Å². The molecule has 0 saturated carbocycles. The monoisotopic (exact) mass is 313 g/mol. The minimum atomic E-state index is -0.280. The third-order valence-corrected chi connectivity index (χ3v) is 3.16. The van der Waals surface area contributed by atoms with Crippen LogP contribution in [0.4, 0.5) is 11.4 Å². The van der Waals surface area contributed by atoms with E-state index in [1.165, 1.54) is 6.92 Å². The summed E-state index contributed by atoms with van der Waals surface area (Å²) in [6.07, 6.45) is 0. The molecular formula is C17H19N3O3. The summed E-state index contributed by atoms with van der Waals surface area (Å²) in [6, 6.07) is 12.1. The first-order valence-corrected chi connectivity index (χ1v) is 7.09. The van der Waals surface area contributed by atoms with Crippen LogP contribution < -0.4 is 21.1 Å². The minimum absolute atomic E-state index is 0.208. The summed E-state index contributed by atoms with van der Waals surface area (Å²) >= 11 is 0. The smallest absolute Gasteiger partial charge is 0.255 e. The van der Waals surface area contributed by atoms with Gasteiger partial charge in [-0.2, -0.15) is 0 Å². The molecule has 0 aliphatic rings. The topological polar surface area (TPSA) is 93.4 Å². The van der Waals surface area contributed by atoms with Crippen LogP contribution in [0.25, 0.3) is 0 Å². The van der Waals surface area contributed by atoms with Gasteiger partial charge in [-0.3, -0.25) is 9.59 Å². The van der Waals surface area contributed by atoms with Crippen LogP contribution in [-0.4, -0.2) is 18.9 Å². The number of ether oxygens (including phenoxy) is 1. The van der Waals surface area contributed by atoms with Crippen LogP contribution in [0.2, 0.25) is 0 Å². The molecular weight excluding hydrogens is 294 g/mol. The molecule has 2 rings (SSSR count). The van der Waals surface area contributed by atoms with Crippen molar-refractivity contribution in [1.82, 2.24) is 0 Å². The quantitative estimate of drug-likeness (QED) is 0.790. The maximum Gasteiger partial charge on any atom is 0.255 e. The Balaban J connectivity index is 2.21. The number of benzene rings is 2. The van der Waals surface area contributed by atoms with E-state index < -0.39 is 0 Å². The number of rotatable bonds is 5. The highest BCUT2D eigenvalue weighted by molar-refractivity contribution is 6.05. The molecule has 0 spiro atoms. The van der Waals surface area contributed by atoms with Crippen molar-refractivity contribution in [3.8, 4) is 5.75 Å². The summed E-state index contributed by atoms with van der Waals surface area (Å²) in [7, 11) is 1.58. The van der Waals surface area contributed by atoms with Crippen molar-refractivity contribution in [3.63, 3.8) is 0 Å². The van der Waals surface area contributed by atoms with Gasteiger partial charge in [-0.25, -0.2) is 0 Å². The second-order valence-corrected chi connectivity index (χ2v) is 4.99. The van der Waals surface area contributed by atoms with Crippen molar-refractivity contribution in [2.45, 2.75) is 13.5 Å². The van der Waals surface area contributed by atoms with Crippen LogP contribution in [0, 0.1) is 0 Å². The largest absolute Gasteiger partial charge is 0.497 e. The third kappa shape index (κ3) is 4.55. The van der Waals surface area contributed by atoms with Crippen LogP contribution in [0.1, 0.15) is 22.8 Å². The number of nitrogens with one attached hydrogen (secondary N) is 2. The van der Waals surface area contributed by atoms with Gasteiger partial charge in [0.25, 0.3) is 5.91 Å². The van der Waals surface area contributed by atoms with Crippen LogP contribution in [-0.2, 0) is 11.3 Å². The summed E-state index contributed by atoms with van der Waals surface area (Å²) < 4.78 is 5.07. The normalized spacial score (nSPS) is 10.0. The van der Waals surface area contributed by atoms with Crippen molar-refractivity contribution in [3.05, 3.63) is 53.6 Å². The number of nitrogens with two attached hydrogens (primary N) is 1. The van der Waals surface area contributed by atoms with Gasteiger partial charge in [-0.1, -0.05) is 0 Å². The highest BCUT2D eigenvalue weighted by Crippen LogP contribution is 2.19. The zero-order valence-electron chi connectivity index (χ0n) is 13.1. The molecule has 4 N–H and O–H groups in total. The molecule has 6 heteroatoms. The Morgan fingerprint density at radius 3 is 2.30 bits per heavy atom. The van der Waals surface area contributed by atoms with Crippen LogP contribution in [0.5, 0.6) is 5.75 Å². The van der Waals surface area contributed by atoms with Gasteiger partial charge in [0.05, 0.1) is 7.11 Å². The number of hydrogen-bond acceptors (Lipinski definition) is 4. The molecule has 2 amide bonds. The Hall–Kier alpha value is -2.86. The Bertz CT molecular complexity index is 712. The molecule has 0 atom stereocenters. The molecule has 2 aromatic rings. The first kappa shape index (κ1) is 16.5. The van der Waals surface area contributed by atoms with Gasteiger partial charge in [-0.05, 0) is 48.0 Å². The lowest BCUT2D eigenvalue weighted by molar-refractivity contribution is -0.114. The molecule has 0 aromatic heterocycles. The molecule has 0 fully saturated rings. The van der Waals surface area contributed by atoms with Crippen molar-refractivity contribution in [2.75, 3.05) is 17.7 Å². The number of carbonyl (C=O) groups is 2. The van der Waals surface area contributed by atoms with Crippen molar-refractivity contribution >= 4 is 23.2 Å². The summed E-state index contributed by atoms with van der Waals surface area (Å²) in [5.41, 5.74) is 8.02. The van der Waals surface area contributed by atoms with Crippen LogP contribution >= 0.6 is 0 Å². The first-order chi connectivity index (χ1) is 11.0. The number of hydrogen-bond donors (Lipinski definition) is 3. The van der Waals surface area contributed by atoms with E-state index in [1.807, 2.05) is 0 Å². The highest BCUT2D eigenvalue weighted by atomic mass is 16.5. The second-order valence-electron chi connectivity index (χ2n) is 4.99. The molecule has 0 saturated heterocycles. The molecule has 23 heavy (non-hydrogen) atoms. The number of methoxy groups -OCH3 is 1. The van der Waals surface area contributed by atoms with Crippen LogP contribution in [0.3, 0.4) is 0 Å². The lowest BCUT2D eigenvalue weighted by Gasteiger charge is -2.10. The Kier molecular flexibility index (Phi) is 5.32. The summed E-state index contributed by atoms with van der Waals surface area (Å²) in [6.45, 7) is 1.68. The molecule has 2 aromatic carbocycles. The van der Waals surface area contributed by atoms with E-state index in [-0.39, 0.29) is 18.4 Å². The van der Waals surface area contributed by atoms with E-state index in [0.29, 0.717) is 22.7 Å². The van der Waals surface area contributed by atoms with Gasteiger partial charge in [0.15, 0.2) is 0 Å². The highest BCUT2D eigenvalue weighted by Gasteiger charge is 2.10. The lowest BCUT2D eigenvalue weighted by Crippen LogP contribution is -2.14. The average Bonchev–Trinajstić information content (AvgIpc) is 2.54. The van der Waals surface area contributed by atoms with Gasteiger partial charge in [0.2, 0.25) is 5.91 Å². The van der Waals surface area contributed by atoms with E-state index in [0.717, 1.165) is 5.56 Å². The fourth-order valence-electron chi connectivity index (χ4n) is 2.09. The lowest BCUT2D eigenvalue weighted by atomic mass is 10.1. The molecule has 0 aliphatic carbocycles. The van der Waals surface area contributed by atoms with Gasteiger partial charge in [0.1, 0.15) is 5.75 Å². The summed E-state index contributed by atoms with van der Waals surface area (Å²) in [4.78, 5) is 23.6. The summed E-state index contributed by atoms with van der Waals surface area (Å²) in [5, 5.41) is 5.46. The van der Waals surface area contributed by atoms with Gasteiger partial charge >= 0.3 is 0 Å². The molecule has 0 aliphatic heterocycles. The van der Waals surface area contributed by atoms with Gasteiger partial charge in [0, 0.05) is 30.4 Å². The molecule has 6 nitrogen and oxygen atoms in total. The predicted octanol–water partition coefficient (Wildman–Crippen LogP) is 2.36. The molecule has 0 radical (unpaired) electrons. The van der Waals surface area contributed by atoms with E-state index in [4.69, 9.17) is 10.5 Å². The molecule has 120 valence electrons. The SMILES string of the molecule is COc1ccc(NC(=O)c2cc(CN)cc(NC(C)=O)c2)cc1. The van der Waals surface area contributed by atoms with Gasteiger partial charge in [-0.15, -0.1) is 0 Å². The fourth-order valence-corrected chi connectivity index (χ4v) is 2.09. The molecule has 0 unspecified atom stereocenters. The zero-order chi connectivity index (χ0) is 16.8. The fraction of sp³-hybridized carbons (Fsp3) is 0.176. The van der Waals surface area contributed by atoms with Gasteiger partial charge < -0.3 is 21.1 Å². The minimum Gasteiger partial charge on any atom is -0.497 e. The zero-order valence-corrected chi connectivity index (χ0v) is 13.1. The predicted molar refractivity (Wildman–Crippen MR) is 89.6 cm³/mol. The Morgan fingerprint density at radius 2 is 1.74 bits per heavy atom. The first-order valence-electron chi connectivity index (χ1n) is 7.09. The number of carbonyl (C=O) groups excluding carboxylic acids is 2. The van der Waals surface area contributed by atoms with E-state index in [2.05, 4.69) is 10.6 Å². The molecule has 0 heterocycles. The van der Waals surface area contributed by atoms with E-state index >= 15 is 0 Å².